The molecule has 11 heteroatoms. The third kappa shape index (κ3) is 5.24. The van der Waals surface area contributed by atoms with Gasteiger partial charge in [-0.25, -0.2) is 18.5 Å². The average Bonchev–Trinajstić information content (AvgIpc) is 2.93. The average molecular weight is 574 g/mol. The molecule has 0 unspecified atom stereocenters. The molecule has 0 aliphatic carbocycles. The summed E-state index contributed by atoms with van der Waals surface area (Å²) in [6, 6.07) is 21.5. The fraction of sp³-hybridized carbons (Fsp3) is 0.103. The number of aromatic nitrogens is 3. The van der Waals surface area contributed by atoms with Crippen LogP contribution >= 0.6 is 11.6 Å². The molecule has 0 aliphatic heterocycles. The van der Waals surface area contributed by atoms with Gasteiger partial charge in [-0.1, -0.05) is 54.1 Å². The number of primary sulfonamides is 1. The maximum atomic E-state index is 13.7. The van der Waals surface area contributed by atoms with E-state index in [0.717, 1.165) is 0 Å². The molecule has 1 atom stereocenters. The number of carbonyl (C=O) groups excluding carboxylic acids is 1. The lowest BCUT2D eigenvalue weighted by Gasteiger charge is -2.21. The Bertz CT molecular complexity index is 1940. The van der Waals surface area contributed by atoms with Crippen LogP contribution in [0, 0.1) is 6.92 Å². The van der Waals surface area contributed by atoms with Gasteiger partial charge in [-0.3, -0.25) is 19.1 Å². The van der Waals surface area contributed by atoms with E-state index in [1.807, 2.05) is 24.3 Å². The molecule has 3 aromatic carbocycles. The summed E-state index contributed by atoms with van der Waals surface area (Å²) >= 11 is 6.40. The van der Waals surface area contributed by atoms with Gasteiger partial charge >= 0.3 is 0 Å². The summed E-state index contributed by atoms with van der Waals surface area (Å²) < 4.78 is 25.1. The Kier molecular flexibility index (Phi) is 7.24. The Morgan fingerprint density at radius 3 is 2.48 bits per heavy atom. The fourth-order valence-electron chi connectivity index (χ4n) is 4.48. The summed E-state index contributed by atoms with van der Waals surface area (Å²) in [5.41, 5.74) is 2.03. The molecule has 0 radical (unpaired) electrons. The van der Waals surface area contributed by atoms with E-state index in [-0.39, 0.29) is 16.1 Å². The van der Waals surface area contributed by atoms with E-state index >= 15 is 0 Å². The lowest BCUT2D eigenvalue weighted by molar-refractivity contribution is 0.0932. The highest BCUT2D eigenvalue weighted by atomic mass is 35.5. The number of nitrogens with zero attached hydrogens (tertiary/aromatic N) is 3. The van der Waals surface area contributed by atoms with Gasteiger partial charge in [0.15, 0.2) is 0 Å². The van der Waals surface area contributed by atoms with Crippen LogP contribution in [0.1, 0.15) is 34.8 Å². The molecule has 0 saturated carbocycles. The number of nitrogens with two attached hydrogens (primary N) is 1. The molecule has 3 N–H and O–H groups in total. The molecule has 1 amide bonds. The van der Waals surface area contributed by atoms with Crippen LogP contribution in [0.5, 0.6) is 0 Å². The van der Waals surface area contributed by atoms with Crippen molar-refractivity contribution in [2.45, 2.75) is 24.8 Å². The number of aryl methyl sites for hydroxylation is 1. The van der Waals surface area contributed by atoms with Gasteiger partial charge in [0.1, 0.15) is 5.69 Å². The van der Waals surface area contributed by atoms with E-state index in [1.54, 1.807) is 50.2 Å². The van der Waals surface area contributed by atoms with Crippen LogP contribution in [0.15, 0.2) is 94.7 Å². The highest BCUT2D eigenvalue weighted by Crippen LogP contribution is 2.26. The summed E-state index contributed by atoms with van der Waals surface area (Å²) in [5.74, 6) is -0.514. The number of amides is 1. The molecule has 9 nitrogen and oxygen atoms in total. The number of hydrogen-bond donors (Lipinski definition) is 2. The molecule has 5 rings (SSSR count). The largest absolute Gasteiger partial charge is 0.343 e. The Hall–Kier alpha value is -4.38. The lowest BCUT2D eigenvalue weighted by atomic mass is 10.1. The predicted octanol–water partition coefficient (Wildman–Crippen LogP) is 4.55. The summed E-state index contributed by atoms with van der Waals surface area (Å²) in [6.07, 6.45) is 1.46. The molecule has 0 saturated heterocycles. The minimum absolute atomic E-state index is 0.0581. The second-order valence-electron chi connectivity index (χ2n) is 9.21. The van der Waals surface area contributed by atoms with Crippen LogP contribution in [-0.2, 0) is 10.0 Å². The summed E-state index contributed by atoms with van der Waals surface area (Å²) in [5, 5.41) is 9.56. The Labute approximate surface area is 235 Å². The lowest BCUT2D eigenvalue weighted by Crippen LogP contribution is -2.33. The van der Waals surface area contributed by atoms with Gasteiger partial charge in [-0.15, -0.1) is 0 Å². The second kappa shape index (κ2) is 10.6. The monoisotopic (exact) mass is 573 g/mol. The zero-order valence-corrected chi connectivity index (χ0v) is 23.1. The van der Waals surface area contributed by atoms with Crippen LogP contribution in [0.25, 0.3) is 27.7 Å². The first-order valence-electron chi connectivity index (χ1n) is 12.2. The van der Waals surface area contributed by atoms with Gasteiger partial charge < -0.3 is 5.32 Å². The minimum Gasteiger partial charge on any atom is -0.343 e. The zero-order chi connectivity index (χ0) is 28.6. The van der Waals surface area contributed by atoms with Gasteiger partial charge in [0.25, 0.3) is 11.5 Å². The van der Waals surface area contributed by atoms with Crippen LogP contribution in [0.3, 0.4) is 0 Å². The summed E-state index contributed by atoms with van der Waals surface area (Å²) in [4.78, 5) is 35.8. The van der Waals surface area contributed by atoms with Crippen molar-refractivity contribution in [2.24, 2.45) is 5.14 Å². The summed E-state index contributed by atoms with van der Waals surface area (Å²) in [7, 11) is -3.93. The van der Waals surface area contributed by atoms with E-state index < -0.39 is 22.0 Å². The molecule has 5 aromatic rings. The number of carbonyl (C=O) groups is 1. The molecule has 2 aromatic heterocycles. The first kappa shape index (κ1) is 27.2. The Balaban J connectivity index is 1.55. The van der Waals surface area contributed by atoms with Crippen molar-refractivity contribution in [3.8, 4) is 16.9 Å². The molecule has 0 fully saturated rings. The van der Waals surface area contributed by atoms with E-state index in [2.05, 4.69) is 15.3 Å². The molecule has 40 heavy (non-hydrogen) atoms. The molecule has 2 heterocycles. The quantitative estimate of drug-likeness (QED) is 0.306. The number of benzene rings is 3. The van der Waals surface area contributed by atoms with Crippen LogP contribution < -0.4 is 16.0 Å². The number of halogens is 1. The number of rotatable bonds is 6. The first-order valence-corrected chi connectivity index (χ1v) is 14.1. The van der Waals surface area contributed by atoms with Crippen molar-refractivity contribution >= 4 is 38.3 Å². The number of nitrogens with one attached hydrogen (secondary N) is 1. The third-order valence-corrected chi connectivity index (χ3v) is 7.68. The van der Waals surface area contributed by atoms with Crippen molar-refractivity contribution < 1.29 is 13.2 Å². The Morgan fingerprint density at radius 1 is 1.02 bits per heavy atom. The third-order valence-electron chi connectivity index (χ3n) is 6.46. The maximum absolute atomic E-state index is 13.7. The Morgan fingerprint density at radius 2 is 1.75 bits per heavy atom. The summed E-state index contributed by atoms with van der Waals surface area (Å²) in [6.45, 7) is 3.42. The SMILES string of the molecule is Cc1ncc(-c2cccc(S(N)(=O)=O)c2)nc1C(=O)N[C@@H](C)c1cc2cccc(Cl)c2c(=O)n1-c1ccccc1. The van der Waals surface area contributed by atoms with Crippen LogP contribution in [-0.4, -0.2) is 28.9 Å². The molecule has 0 spiro atoms. The minimum atomic E-state index is -3.93. The standard InChI is InChI=1S/C29H24ClN5O4S/c1-17(25-15-20-9-7-13-23(30)26(20)29(37)35(25)21-10-4-3-5-11-21)33-28(36)27-18(2)32-16-24(34-27)19-8-6-12-22(14-19)40(31,38)39/h3-17H,1-2H3,(H,33,36)(H2,31,38,39)/t17-/m0/s1. The number of pyridine rings is 1. The normalized spacial score (nSPS) is 12.3. The molecular formula is C29H24ClN5O4S. The molecular weight excluding hydrogens is 550 g/mol. The maximum Gasteiger partial charge on any atom is 0.272 e. The number of fused-ring (bicyclic) bond motifs is 1. The van der Waals surface area contributed by atoms with Crippen molar-refractivity contribution in [1.29, 1.82) is 0 Å². The predicted molar refractivity (Wildman–Crippen MR) is 154 cm³/mol. The number of para-hydroxylation sites is 1. The van der Waals surface area contributed by atoms with E-state index in [1.165, 1.54) is 29.0 Å². The van der Waals surface area contributed by atoms with E-state index in [0.29, 0.717) is 44.1 Å². The van der Waals surface area contributed by atoms with Crippen molar-refractivity contribution in [1.82, 2.24) is 19.9 Å². The van der Waals surface area contributed by atoms with Crippen LogP contribution in [0.4, 0.5) is 0 Å². The topological polar surface area (TPSA) is 137 Å². The molecule has 202 valence electrons. The van der Waals surface area contributed by atoms with Gasteiger partial charge in [0.05, 0.1) is 38.9 Å². The van der Waals surface area contributed by atoms with Crippen molar-refractivity contribution in [3.63, 3.8) is 0 Å². The fourth-order valence-corrected chi connectivity index (χ4v) is 5.30. The van der Waals surface area contributed by atoms with Crippen LogP contribution in [0.2, 0.25) is 5.02 Å². The van der Waals surface area contributed by atoms with Crippen molar-refractivity contribution in [3.05, 3.63) is 118 Å². The number of hydrogen-bond acceptors (Lipinski definition) is 6. The van der Waals surface area contributed by atoms with Crippen molar-refractivity contribution in [2.75, 3.05) is 0 Å². The highest BCUT2D eigenvalue weighted by Gasteiger charge is 2.22. The van der Waals surface area contributed by atoms with E-state index in [9.17, 15) is 18.0 Å². The highest BCUT2D eigenvalue weighted by molar-refractivity contribution is 7.89. The van der Waals surface area contributed by atoms with Gasteiger partial charge in [-0.2, -0.15) is 0 Å². The van der Waals surface area contributed by atoms with Gasteiger partial charge in [0.2, 0.25) is 10.0 Å². The molecule has 0 aliphatic rings. The van der Waals surface area contributed by atoms with E-state index in [4.69, 9.17) is 16.7 Å². The first-order chi connectivity index (χ1) is 19.0. The zero-order valence-electron chi connectivity index (χ0n) is 21.5. The van der Waals surface area contributed by atoms with Gasteiger partial charge in [0, 0.05) is 16.9 Å². The smallest absolute Gasteiger partial charge is 0.272 e. The molecule has 0 bridgehead atoms. The number of sulfonamides is 1. The second-order valence-corrected chi connectivity index (χ2v) is 11.2. The van der Waals surface area contributed by atoms with Gasteiger partial charge in [-0.05, 0) is 55.6 Å².